The van der Waals surface area contributed by atoms with Crippen LogP contribution in [0.15, 0.2) is 47.6 Å². The summed E-state index contributed by atoms with van der Waals surface area (Å²) in [5.41, 5.74) is 3.34. The van der Waals surface area contributed by atoms with Crippen LogP contribution in [0.25, 0.3) is 0 Å². The van der Waals surface area contributed by atoms with E-state index >= 15 is 0 Å². The number of nitrogens with zero attached hydrogens (tertiary/aromatic N) is 1. The number of hydrazone groups is 1. The molecule has 0 aliphatic rings. The molecule has 2 rings (SSSR count). The molecular formula is C17H15Cl2N3O3. The van der Waals surface area contributed by atoms with Gasteiger partial charge in [0.25, 0.3) is 0 Å². The number of hydrogen-bond donors (Lipinski definition) is 2. The molecule has 2 N–H and O–H groups in total. The maximum atomic E-state index is 11.9. The van der Waals surface area contributed by atoms with Gasteiger partial charge in [0.15, 0.2) is 0 Å². The van der Waals surface area contributed by atoms with Crippen LogP contribution in [0.4, 0.5) is 5.69 Å². The van der Waals surface area contributed by atoms with Crippen LogP contribution in [0, 0.1) is 0 Å². The highest BCUT2D eigenvalue weighted by Gasteiger charge is 2.11. The van der Waals surface area contributed by atoms with E-state index in [0.29, 0.717) is 27.0 Å². The van der Waals surface area contributed by atoms with Crippen molar-refractivity contribution in [3.05, 3.63) is 58.1 Å². The first-order valence-electron chi connectivity index (χ1n) is 7.19. The second-order valence-corrected chi connectivity index (χ2v) is 5.73. The van der Waals surface area contributed by atoms with Gasteiger partial charge in [-0.1, -0.05) is 41.4 Å². The van der Waals surface area contributed by atoms with E-state index in [4.69, 9.17) is 27.9 Å². The Morgan fingerprint density at radius 3 is 2.64 bits per heavy atom. The third-order valence-corrected chi connectivity index (χ3v) is 3.62. The predicted octanol–water partition coefficient (Wildman–Crippen LogP) is 3.48. The van der Waals surface area contributed by atoms with Crippen LogP contribution in [-0.2, 0) is 9.59 Å². The van der Waals surface area contributed by atoms with E-state index in [-0.39, 0.29) is 6.42 Å². The lowest BCUT2D eigenvalue weighted by Gasteiger charge is -2.09. The van der Waals surface area contributed by atoms with Crippen molar-refractivity contribution in [3.8, 4) is 5.75 Å². The molecule has 0 aromatic heterocycles. The molecule has 0 unspecified atom stereocenters. The lowest BCUT2D eigenvalue weighted by atomic mass is 10.2. The summed E-state index contributed by atoms with van der Waals surface area (Å²) >= 11 is 11.8. The maximum Gasteiger partial charge on any atom is 0.249 e. The van der Waals surface area contributed by atoms with Gasteiger partial charge in [-0.15, -0.1) is 0 Å². The van der Waals surface area contributed by atoms with Gasteiger partial charge in [-0.05, 0) is 24.3 Å². The molecule has 2 aromatic rings. The Labute approximate surface area is 154 Å². The molecule has 0 saturated carbocycles. The van der Waals surface area contributed by atoms with E-state index in [2.05, 4.69) is 15.8 Å². The van der Waals surface area contributed by atoms with Gasteiger partial charge in [-0.2, -0.15) is 5.10 Å². The first-order chi connectivity index (χ1) is 12.0. The Hall–Kier alpha value is -2.57. The summed E-state index contributed by atoms with van der Waals surface area (Å²) in [6.45, 7) is 0. The third kappa shape index (κ3) is 5.77. The Morgan fingerprint density at radius 2 is 1.92 bits per heavy atom. The molecule has 0 aliphatic carbocycles. The van der Waals surface area contributed by atoms with Gasteiger partial charge in [0, 0.05) is 10.6 Å². The molecule has 0 radical (unpaired) electrons. The Kier molecular flexibility index (Phi) is 6.80. The summed E-state index contributed by atoms with van der Waals surface area (Å²) in [6, 6.07) is 11.8. The number of rotatable bonds is 6. The molecule has 0 heterocycles. The third-order valence-electron chi connectivity index (χ3n) is 3.06. The van der Waals surface area contributed by atoms with Gasteiger partial charge in [-0.25, -0.2) is 5.43 Å². The van der Waals surface area contributed by atoms with E-state index in [1.165, 1.54) is 13.3 Å². The standard InChI is InChI=1S/C17H15Cl2N3O3/c1-25-15-5-3-2-4-14(15)21-16(23)9-17(24)22-20-10-11-6-7-12(18)8-13(11)19/h2-8,10H,9H2,1H3,(H,21,23)(H,22,24). The Bertz CT molecular complexity index is 809. The minimum atomic E-state index is -0.561. The largest absolute Gasteiger partial charge is 0.495 e. The molecule has 25 heavy (non-hydrogen) atoms. The van der Waals surface area contributed by atoms with E-state index < -0.39 is 11.8 Å². The van der Waals surface area contributed by atoms with Crippen LogP contribution >= 0.6 is 23.2 Å². The fourth-order valence-corrected chi connectivity index (χ4v) is 2.36. The second kappa shape index (κ2) is 9.05. The predicted molar refractivity (Wildman–Crippen MR) is 98.4 cm³/mol. The van der Waals surface area contributed by atoms with Gasteiger partial charge < -0.3 is 10.1 Å². The summed E-state index contributed by atoms with van der Waals surface area (Å²) in [7, 11) is 1.49. The highest BCUT2D eigenvalue weighted by atomic mass is 35.5. The zero-order chi connectivity index (χ0) is 18.2. The molecule has 2 amide bonds. The molecule has 6 nitrogen and oxygen atoms in total. The second-order valence-electron chi connectivity index (χ2n) is 4.88. The lowest BCUT2D eigenvalue weighted by Crippen LogP contribution is -2.24. The quantitative estimate of drug-likeness (QED) is 0.458. The van der Waals surface area contributed by atoms with Gasteiger partial charge in [0.1, 0.15) is 12.2 Å². The molecule has 0 aliphatic heterocycles. The number of anilines is 1. The fourth-order valence-electron chi connectivity index (χ4n) is 1.91. The molecule has 0 spiro atoms. The number of halogens is 2. The first-order valence-corrected chi connectivity index (χ1v) is 7.95. The van der Waals surface area contributed by atoms with Crippen LogP contribution in [0.3, 0.4) is 0 Å². The van der Waals surface area contributed by atoms with Crippen LogP contribution < -0.4 is 15.5 Å². The van der Waals surface area contributed by atoms with Gasteiger partial charge in [0.2, 0.25) is 11.8 Å². The molecule has 0 saturated heterocycles. The highest BCUT2D eigenvalue weighted by molar-refractivity contribution is 6.36. The van der Waals surface area contributed by atoms with Crippen molar-refractivity contribution in [2.24, 2.45) is 5.10 Å². The molecule has 130 valence electrons. The van der Waals surface area contributed by atoms with Gasteiger partial charge in [0.05, 0.1) is 24.0 Å². The fraction of sp³-hybridized carbons (Fsp3) is 0.118. The topological polar surface area (TPSA) is 79.8 Å². The van der Waals surface area contributed by atoms with E-state index in [0.717, 1.165) is 0 Å². The average Bonchev–Trinajstić information content (AvgIpc) is 2.57. The minimum absolute atomic E-state index is 0.385. The normalized spacial score (nSPS) is 10.5. The zero-order valence-corrected chi connectivity index (χ0v) is 14.8. The number of hydrogen-bond acceptors (Lipinski definition) is 4. The molecule has 0 bridgehead atoms. The summed E-state index contributed by atoms with van der Waals surface area (Å²) < 4.78 is 5.12. The minimum Gasteiger partial charge on any atom is -0.495 e. The number of benzene rings is 2. The number of amides is 2. The van der Waals surface area contributed by atoms with Crippen molar-refractivity contribution in [2.75, 3.05) is 12.4 Å². The van der Waals surface area contributed by atoms with E-state index in [1.54, 1.807) is 42.5 Å². The van der Waals surface area contributed by atoms with Crippen molar-refractivity contribution in [2.45, 2.75) is 6.42 Å². The van der Waals surface area contributed by atoms with Crippen LogP contribution in [0.1, 0.15) is 12.0 Å². The number of nitrogens with one attached hydrogen (secondary N) is 2. The monoisotopic (exact) mass is 379 g/mol. The van der Waals surface area contributed by atoms with Gasteiger partial charge in [-0.3, -0.25) is 9.59 Å². The molecule has 0 atom stereocenters. The van der Waals surface area contributed by atoms with Crippen molar-refractivity contribution >= 4 is 46.9 Å². The number of carbonyl (C=O) groups is 2. The molecule has 0 fully saturated rings. The van der Waals surface area contributed by atoms with Crippen molar-refractivity contribution < 1.29 is 14.3 Å². The summed E-state index contributed by atoms with van der Waals surface area (Å²) in [5, 5.41) is 7.27. The number of para-hydroxylation sites is 2. The molecule has 8 heteroatoms. The Morgan fingerprint density at radius 1 is 1.16 bits per heavy atom. The lowest BCUT2D eigenvalue weighted by molar-refractivity contribution is -0.126. The number of methoxy groups -OCH3 is 1. The van der Waals surface area contributed by atoms with Crippen molar-refractivity contribution in [1.29, 1.82) is 0 Å². The molecular weight excluding hydrogens is 365 g/mol. The number of carbonyl (C=O) groups excluding carboxylic acids is 2. The van der Waals surface area contributed by atoms with E-state index in [9.17, 15) is 9.59 Å². The smallest absolute Gasteiger partial charge is 0.249 e. The molecule has 2 aromatic carbocycles. The first kappa shape index (κ1) is 18.8. The van der Waals surface area contributed by atoms with Crippen LogP contribution in [-0.4, -0.2) is 25.1 Å². The summed E-state index contributed by atoms with van der Waals surface area (Å²) in [6.07, 6.45) is 0.985. The number of ether oxygens (including phenoxy) is 1. The Balaban J connectivity index is 1.87. The maximum absolute atomic E-state index is 11.9. The summed E-state index contributed by atoms with van der Waals surface area (Å²) in [4.78, 5) is 23.7. The van der Waals surface area contributed by atoms with Gasteiger partial charge >= 0.3 is 0 Å². The van der Waals surface area contributed by atoms with Crippen molar-refractivity contribution in [3.63, 3.8) is 0 Å². The van der Waals surface area contributed by atoms with Crippen LogP contribution in [0.5, 0.6) is 5.75 Å². The average molecular weight is 380 g/mol. The SMILES string of the molecule is COc1ccccc1NC(=O)CC(=O)NN=Cc1ccc(Cl)cc1Cl. The van der Waals surface area contributed by atoms with Crippen LogP contribution in [0.2, 0.25) is 10.0 Å². The zero-order valence-electron chi connectivity index (χ0n) is 13.3. The van der Waals surface area contributed by atoms with Crippen molar-refractivity contribution in [1.82, 2.24) is 5.43 Å². The van der Waals surface area contributed by atoms with E-state index in [1.807, 2.05) is 0 Å². The summed E-state index contributed by atoms with van der Waals surface area (Å²) in [5.74, 6) is -0.540. The highest BCUT2D eigenvalue weighted by Crippen LogP contribution is 2.23.